The first kappa shape index (κ1) is 14.3. The Hall–Kier alpha value is -0.610. The van der Waals surface area contributed by atoms with Crippen LogP contribution in [0.2, 0.25) is 0 Å². The van der Waals surface area contributed by atoms with Gasteiger partial charge in [-0.3, -0.25) is 0 Å². The van der Waals surface area contributed by atoms with E-state index in [0.29, 0.717) is 18.1 Å². The van der Waals surface area contributed by atoms with E-state index in [-0.39, 0.29) is 5.82 Å². The summed E-state index contributed by atoms with van der Waals surface area (Å²) in [5.74, 6) is -0.0989. The zero-order valence-electron chi connectivity index (χ0n) is 11.9. The van der Waals surface area contributed by atoms with Crippen LogP contribution in [0.15, 0.2) is 22.7 Å². The molecule has 2 aliphatic heterocycles. The van der Waals surface area contributed by atoms with Crippen molar-refractivity contribution < 1.29 is 4.39 Å². The molecule has 2 bridgehead atoms. The van der Waals surface area contributed by atoms with E-state index in [4.69, 9.17) is 0 Å². The summed E-state index contributed by atoms with van der Waals surface area (Å²) in [7, 11) is 0. The van der Waals surface area contributed by atoms with Crippen molar-refractivity contribution in [1.29, 1.82) is 0 Å². The number of piperidine rings is 2. The lowest BCUT2D eigenvalue weighted by Gasteiger charge is -2.50. The second kappa shape index (κ2) is 6.02. The summed E-state index contributed by atoms with van der Waals surface area (Å²) in [5, 5.41) is 3.58. The molecule has 2 saturated heterocycles. The van der Waals surface area contributed by atoms with Crippen molar-refractivity contribution in [3.8, 4) is 0 Å². The van der Waals surface area contributed by atoms with E-state index in [9.17, 15) is 4.39 Å². The molecule has 4 heteroatoms. The molecule has 1 aromatic carbocycles. The van der Waals surface area contributed by atoms with Crippen molar-refractivity contribution in [3.05, 3.63) is 28.5 Å². The standard InChI is InChI=1S/C16H22BrFN2/c1-2-19-12-9-13-4-3-5-14(10-12)20(13)16-7-6-11(17)8-15(16)18/h6-8,12-14,19H,2-5,9-10H2,1H3. The van der Waals surface area contributed by atoms with Gasteiger partial charge in [-0.15, -0.1) is 0 Å². The number of nitrogens with one attached hydrogen (secondary N) is 1. The van der Waals surface area contributed by atoms with E-state index in [2.05, 4.69) is 33.1 Å². The molecular weight excluding hydrogens is 319 g/mol. The number of rotatable bonds is 3. The van der Waals surface area contributed by atoms with E-state index in [1.165, 1.54) is 19.3 Å². The molecular formula is C16H22BrFN2. The summed E-state index contributed by atoms with van der Waals surface area (Å²) in [4.78, 5) is 2.36. The zero-order valence-corrected chi connectivity index (χ0v) is 13.5. The molecule has 2 nitrogen and oxygen atoms in total. The first-order chi connectivity index (χ1) is 9.69. The number of anilines is 1. The van der Waals surface area contributed by atoms with E-state index >= 15 is 0 Å². The molecule has 0 amide bonds. The van der Waals surface area contributed by atoms with Crippen molar-refractivity contribution in [1.82, 2.24) is 5.32 Å². The van der Waals surface area contributed by atoms with Gasteiger partial charge in [0.2, 0.25) is 0 Å². The summed E-state index contributed by atoms with van der Waals surface area (Å²) in [6.07, 6.45) is 5.93. The van der Waals surface area contributed by atoms with Crippen molar-refractivity contribution in [2.45, 2.75) is 57.2 Å². The first-order valence-electron chi connectivity index (χ1n) is 7.65. The number of fused-ring (bicyclic) bond motifs is 2. The van der Waals surface area contributed by atoms with Gasteiger partial charge in [0.15, 0.2) is 0 Å². The highest BCUT2D eigenvalue weighted by Gasteiger charge is 2.38. The van der Waals surface area contributed by atoms with Gasteiger partial charge in [0.25, 0.3) is 0 Å². The van der Waals surface area contributed by atoms with Crippen LogP contribution < -0.4 is 10.2 Å². The Labute approximate surface area is 128 Å². The van der Waals surface area contributed by atoms with Gasteiger partial charge in [0.1, 0.15) is 5.82 Å². The average molecular weight is 341 g/mol. The van der Waals surface area contributed by atoms with Crippen LogP contribution in [0.4, 0.5) is 10.1 Å². The second-order valence-electron chi connectivity index (χ2n) is 5.97. The van der Waals surface area contributed by atoms with Gasteiger partial charge in [-0.2, -0.15) is 0 Å². The minimum absolute atomic E-state index is 0.0989. The van der Waals surface area contributed by atoms with Crippen molar-refractivity contribution in [2.75, 3.05) is 11.4 Å². The largest absolute Gasteiger partial charge is 0.363 e. The van der Waals surface area contributed by atoms with Crippen LogP contribution in [0.5, 0.6) is 0 Å². The maximum Gasteiger partial charge on any atom is 0.147 e. The molecule has 0 aliphatic carbocycles. The molecule has 0 saturated carbocycles. The first-order valence-corrected chi connectivity index (χ1v) is 8.45. The van der Waals surface area contributed by atoms with Crippen molar-refractivity contribution in [2.24, 2.45) is 0 Å². The molecule has 3 rings (SSSR count). The molecule has 1 N–H and O–H groups in total. The Morgan fingerprint density at radius 1 is 1.30 bits per heavy atom. The Bertz CT molecular complexity index is 466. The van der Waals surface area contributed by atoms with Crippen LogP contribution in [0.1, 0.15) is 39.0 Å². The fourth-order valence-electron chi connectivity index (χ4n) is 3.92. The van der Waals surface area contributed by atoms with Gasteiger partial charge in [-0.25, -0.2) is 4.39 Å². The smallest absolute Gasteiger partial charge is 0.147 e. The molecule has 2 fully saturated rings. The van der Waals surface area contributed by atoms with Gasteiger partial charge >= 0.3 is 0 Å². The summed E-state index contributed by atoms with van der Waals surface area (Å²) in [5.41, 5.74) is 0.790. The Balaban J connectivity index is 1.86. The van der Waals surface area contributed by atoms with Crippen LogP contribution in [0.25, 0.3) is 0 Å². The summed E-state index contributed by atoms with van der Waals surface area (Å²) >= 11 is 3.34. The lowest BCUT2D eigenvalue weighted by atomic mass is 9.81. The molecule has 0 spiro atoms. The predicted octanol–water partition coefficient (Wildman–Crippen LogP) is 4.09. The Kier molecular flexibility index (Phi) is 4.32. The van der Waals surface area contributed by atoms with Crippen molar-refractivity contribution in [3.63, 3.8) is 0 Å². The molecule has 110 valence electrons. The van der Waals surface area contributed by atoms with Gasteiger partial charge < -0.3 is 10.2 Å². The van der Waals surface area contributed by atoms with E-state index < -0.39 is 0 Å². The van der Waals surface area contributed by atoms with Gasteiger partial charge in [-0.05, 0) is 56.8 Å². The van der Waals surface area contributed by atoms with E-state index in [1.807, 2.05) is 12.1 Å². The van der Waals surface area contributed by atoms with Gasteiger partial charge in [0, 0.05) is 22.6 Å². The number of halogens is 2. The van der Waals surface area contributed by atoms with Crippen LogP contribution in [0.3, 0.4) is 0 Å². The summed E-state index contributed by atoms with van der Waals surface area (Å²) < 4.78 is 15.1. The normalized spacial score (nSPS) is 29.6. The zero-order chi connectivity index (χ0) is 14.1. The molecule has 2 aliphatic rings. The summed E-state index contributed by atoms with van der Waals surface area (Å²) in [6.45, 7) is 3.19. The number of hydrogen-bond donors (Lipinski definition) is 1. The minimum Gasteiger partial charge on any atom is -0.363 e. The monoisotopic (exact) mass is 340 g/mol. The third kappa shape index (κ3) is 2.73. The lowest BCUT2D eigenvalue weighted by Crippen LogP contribution is -2.56. The molecule has 2 heterocycles. The molecule has 0 radical (unpaired) electrons. The molecule has 0 aromatic heterocycles. The predicted molar refractivity (Wildman–Crippen MR) is 84.7 cm³/mol. The topological polar surface area (TPSA) is 15.3 Å². The number of hydrogen-bond acceptors (Lipinski definition) is 2. The third-order valence-electron chi connectivity index (χ3n) is 4.66. The molecule has 2 unspecified atom stereocenters. The number of nitrogens with zero attached hydrogens (tertiary/aromatic N) is 1. The van der Waals surface area contributed by atoms with Crippen LogP contribution in [-0.2, 0) is 0 Å². The van der Waals surface area contributed by atoms with Gasteiger partial charge in [0.05, 0.1) is 5.69 Å². The van der Waals surface area contributed by atoms with E-state index in [1.54, 1.807) is 6.07 Å². The highest BCUT2D eigenvalue weighted by Crippen LogP contribution is 2.39. The van der Waals surface area contributed by atoms with Crippen LogP contribution >= 0.6 is 15.9 Å². The average Bonchev–Trinajstić information content (AvgIpc) is 2.39. The highest BCUT2D eigenvalue weighted by molar-refractivity contribution is 9.10. The quantitative estimate of drug-likeness (QED) is 0.891. The maximum atomic E-state index is 14.3. The Morgan fingerprint density at radius 2 is 2.00 bits per heavy atom. The van der Waals surface area contributed by atoms with Gasteiger partial charge in [-0.1, -0.05) is 22.9 Å². The lowest BCUT2D eigenvalue weighted by molar-refractivity contribution is 0.246. The van der Waals surface area contributed by atoms with Crippen LogP contribution in [-0.4, -0.2) is 24.7 Å². The highest BCUT2D eigenvalue weighted by atomic mass is 79.9. The van der Waals surface area contributed by atoms with E-state index in [0.717, 1.165) is 29.5 Å². The minimum atomic E-state index is -0.0989. The van der Waals surface area contributed by atoms with Crippen molar-refractivity contribution >= 4 is 21.6 Å². The fraction of sp³-hybridized carbons (Fsp3) is 0.625. The molecule has 1 aromatic rings. The maximum absolute atomic E-state index is 14.3. The summed E-state index contributed by atoms with van der Waals surface area (Å²) in [6, 6.07) is 7.04. The SMILES string of the molecule is CCNC1CC2CCCC(C1)N2c1ccc(Br)cc1F. The van der Waals surface area contributed by atoms with Crippen LogP contribution in [0, 0.1) is 5.82 Å². The second-order valence-corrected chi connectivity index (χ2v) is 6.88. The fourth-order valence-corrected chi connectivity index (χ4v) is 4.25. The molecule has 2 atom stereocenters. The Morgan fingerprint density at radius 3 is 2.60 bits per heavy atom. The number of benzene rings is 1. The molecule has 20 heavy (non-hydrogen) atoms. The third-order valence-corrected chi connectivity index (χ3v) is 5.15.